The first-order valence-corrected chi connectivity index (χ1v) is 6.00. The molecule has 6 heteroatoms. The number of carbonyl (C=O) groups excluding carboxylic acids is 2. The fraction of sp³-hybridized carbons (Fsp3) is 0.385. The van der Waals surface area contributed by atoms with Gasteiger partial charge in [0.1, 0.15) is 0 Å². The summed E-state index contributed by atoms with van der Waals surface area (Å²) in [6.07, 6.45) is 0.540. The van der Waals surface area contributed by atoms with E-state index >= 15 is 0 Å². The van der Waals surface area contributed by atoms with Crippen LogP contribution in [0.15, 0.2) is 24.3 Å². The van der Waals surface area contributed by atoms with Crippen LogP contribution in [0.2, 0.25) is 0 Å². The van der Waals surface area contributed by atoms with Gasteiger partial charge in [-0.15, -0.1) is 0 Å². The number of carbonyl (C=O) groups is 2. The number of nitrogens with zero attached hydrogens (tertiary/aromatic N) is 1. The average molecular weight is 263 g/mol. The Balaban J connectivity index is 2.07. The van der Waals surface area contributed by atoms with Crippen molar-refractivity contribution in [2.24, 2.45) is 5.92 Å². The Morgan fingerprint density at radius 3 is 2.84 bits per heavy atom. The second kappa shape index (κ2) is 5.17. The number of nitro benzene ring substituents is 1. The van der Waals surface area contributed by atoms with Crippen molar-refractivity contribution in [3.05, 3.63) is 39.9 Å². The molecule has 2 rings (SSSR count). The first kappa shape index (κ1) is 13.2. The molecule has 2 atom stereocenters. The van der Waals surface area contributed by atoms with Gasteiger partial charge in [0.2, 0.25) is 5.78 Å². The molecule has 0 saturated heterocycles. The SMILES string of the molecule is CCOC(=O)C(=O)C1C[C@H]1c1cccc([N+](=O)[O-])c1. The van der Waals surface area contributed by atoms with Crippen molar-refractivity contribution >= 4 is 17.4 Å². The van der Waals surface area contributed by atoms with E-state index < -0.39 is 22.6 Å². The predicted molar refractivity (Wildman–Crippen MR) is 65.6 cm³/mol. The summed E-state index contributed by atoms with van der Waals surface area (Å²) in [7, 11) is 0. The van der Waals surface area contributed by atoms with E-state index in [0.717, 1.165) is 5.56 Å². The maximum Gasteiger partial charge on any atom is 0.374 e. The summed E-state index contributed by atoms with van der Waals surface area (Å²) in [6.45, 7) is 1.80. The van der Waals surface area contributed by atoms with Gasteiger partial charge in [-0.05, 0) is 24.8 Å². The summed E-state index contributed by atoms with van der Waals surface area (Å²) in [5, 5.41) is 10.7. The zero-order valence-corrected chi connectivity index (χ0v) is 10.4. The third-order valence-corrected chi connectivity index (χ3v) is 3.11. The first-order chi connectivity index (χ1) is 9.04. The van der Waals surface area contributed by atoms with Crippen molar-refractivity contribution in [1.29, 1.82) is 0 Å². The molecule has 19 heavy (non-hydrogen) atoms. The molecule has 6 nitrogen and oxygen atoms in total. The quantitative estimate of drug-likeness (QED) is 0.350. The lowest BCUT2D eigenvalue weighted by Crippen LogP contribution is -2.19. The third kappa shape index (κ3) is 2.78. The first-order valence-electron chi connectivity index (χ1n) is 6.00. The van der Waals surface area contributed by atoms with Crippen LogP contribution >= 0.6 is 0 Å². The fourth-order valence-corrected chi connectivity index (χ4v) is 2.08. The van der Waals surface area contributed by atoms with Crippen LogP contribution in [0.4, 0.5) is 5.69 Å². The van der Waals surface area contributed by atoms with E-state index in [9.17, 15) is 19.7 Å². The molecule has 1 aliphatic carbocycles. The van der Waals surface area contributed by atoms with E-state index in [1.165, 1.54) is 12.1 Å². The van der Waals surface area contributed by atoms with Gasteiger partial charge in [0.05, 0.1) is 11.5 Å². The molecular formula is C13H13NO5. The molecule has 0 aromatic heterocycles. The standard InChI is InChI=1S/C13H13NO5/c1-2-19-13(16)12(15)11-7-10(11)8-4-3-5-9(6-8)14(17)18/h3-6,10-11H,2,7H2,1H3/t10-,11?/m0/s1. The van der Waals surface area contributed by atoms with Gasteiger partial charge in [-0.3, -0.25) is 14.9 Å². The lowest BCUT2D eigenvalue weighted by atomic mass is 10.1. The normalized spacial score (nSPS) is 20.7. The lowest BCUT2D eigenvalue weighted by molar-refractivity contribution is -0.384. The van der Waals surface area contributed by atoms with Crippen molar-refractivity contribution < 1.29 is 19.2 Å². The molecule has 0 N–H and O–H groups in total. The highest BCUT2D eigenvalue weighted by Crippen LogP contribution is 2.48. The summed E-state index contributed by atoms with van der Waals surface area (Å²) in [6, 6.07) is 6.16. The minimum Gasteiger partial charge on any atom is -0.460 e. The van der Waals surface area contributed by atoms with E-state index in [0.29, 0.717) is 6.42 Å². The minimum absolute atomic E-state index is 0.00765. The number of esters is 1. The molecule has 0 spiro atoms. The van der Waals surface area contributed by atoms with Crippen LogP contribution in [0.5, 0.6) is 0 Å². The summed E-state index contributed by atoms with van der Waals surface area (Å²) in [5.41, 5.74) is 0.712. The molecule has 1 aromatic rings. The molecule has 0 amide bonds. The third-order valence-electron chi connectivity index (χ3n) is 3.11. The Morgan fingerprint density at radius 2 is 2.21 bits per heavy atom. The molecule has 1 unspecified atom stereocenters. The van der Waals surface area contributed by atoms with E-state index in [1.807, 2.05) is 0 Å². The van der Waals surface area contributed by atoms with Crippen molar-refractivity contribution in [3.8, 4) is 0 Å². The summed E-state index contributed by atoms with van der Waals surface area (Å²) >= 11 is 0. The summed E-state index contributed by atoms with van der Waals surface area (Å²) < 4.78 is 4.65. The topological polar surface area (TPSA) is 86.5 Å². The molecular weight excluding hydrogens is 250 g/mol. The number of rotatable bonds is 5. The van der Waals surface area contributed by atoms with Crippen LogP contribution in [-0.4, -0.2) is 23.3 Å². The van der Waals surface area contributed by atoms with E-state index in [2.05, 4.69) is 4.74 Å². The smallest absolute Gasteiger partial charge is 0.374 e. The number of Topliss-reactive ketones (excluding diaryl/α,β-unsaturated/α-hetero) is 1. The van der Waals surface area contributed by atoms with Gasteiger partial charge in [-0.2, -0.15) is 0 Å². The van der Waals surface area contributed by atoms with E-state index in [4.69, 9.17) is 0 Å². The molecule has 1 aliphatic rings. The van der Waals surface area contributed by atoms with E-state index in [-0.39, 0.29) is 18.2 Å². The van der Waals surface area contributed by atoms with Crippen LogP contribution < -0.4 is 0 Å². The van der Waals surface area contributed by atoms with Crippen LogP contribution in [0.25, 0.3) is 0 Å². The Labute approximate surface area is 109 Å². The summed E-state index contributed by atoms with van der Waals surface area (Å²) in [4.78, 5) is 33.2. The fourth-order valence-electron chi connectivity index (χ4n) is 2.08. The largest absolute Gasteiger partial charge is 0.460 e. The maximum absolute atomic E-state index is 11.7. The molecule has 0 radical (unpaired) electrons. The van der Waals surface area contributed by atoms with Crippen molar-refractivity contribution in [1.82, 2.24) is 0 Å². The van der Waals surface area contributed by atoms with Crippen molar-refractivity contribution in [2.45, 2.75) is 19.3 Å². The zero-order valence-electron chi connectivity index (χ0n) is 10.4. The molecule has 1 saturated carbocycles. The Hall–Kier alpha value is -2.24. The van der Waals surface area contributed by atoms with Crippen LogP contribution in [0.3, 0.4) is 0 Å². The number of hydrogen-bond acceptors (Lipinski definition) is 5. The highest BCUT2D eigenvalue weighted by Gasteiger charge is 2.47. The second-order valence-corrected chi connectivity index (χ2v) is 4.39. The molecule has 0 heterocycles. The monoisotopic (exact) mass is 263 g/mol. The van der Waals surface area contributed by atoms with Gasteiger partial charge in [0.15, 0.2) is 0 Å². The Kier molecular flexibility index (Phi) is 3.59. The second-order valence-electron chi connectivity index (χ2n) is 4.39. The Bertz CT molecular complexity index is 540. The number of hydrogen-bond donors (Lipinski definition) is 0. The highest BCUT2D eigenvalue weighted by molar-refractivity contribution is 6.35. The summed E-state index contributed by atoms with van der Waals surface area (Å²) in [5.74, 6) is -1.88. The number of nitro groups is 1. The van der Waals surface area contributed by atoms with Crippen molar-refractivity contribution in [2.75, 3.05) is 6.61 Å². The van der Waals surface area contributed by atoms with Gasteiger partial charge >= 0.3 is 5.97 Å². The number of ether oxygens (including phenoxy) is 1. The molecule has 1 aromatic carbocycles. The minimum atomic E-state index is -0.819. The van der Waals surface area contributed by atoms with Crippen LogP contribution in [-0.2, 0) is 14.3 Å². The molecule has 0 bridgehead atoms. The van der Waals surface area contributed by atoms with Gasteiger partial charge in [-0.25, -0.2) is 4.79 Å². The number of non-ortho nitro benzene ring substituents is 1. The van der Waals surface area contributed by atoms with Crippen LogP contribution in [0.1, 0.15) is 24.8 Å². The average Bonchev–Trinajstić information content (AvgIpc) is 3.18. The van der Waals surface area contributed by atoms with E-state index in [1.54, 1.807) is 19.1 Å². The lowest BCUT2D eigenvalue weighted by Gasteiger charge is -2.01. The highest BCUT2D eigenvalue weighted by atomic mass is 16.6. The van der Waals surface area contributed by atoms with Gasteiger partial charge in [0, 0.05) is 18.1 Å². The predicted octanol–water partition coefficient (Wildman–Crippen LogP) is 1.83. The Morgan fingerprint density at radius 1 is 1.47 bits per heavy atom. The molecule has 100 valence electrons. The number of benzene rings is 1. The molecule has 1 fully saturated rings. The van der Waals surface area contributed by atoms with Gasteiger partial charge in [-0.1, -0.05) is 12.1 Å². The van der Waals surface area contributed by atoms with Crippen LogP contribution in [0, 0.1) is 16.0 Å². The zero-order chi connectivity index (χ0) is 14.0. The molecule has 0 aliphatic heterocycles. The number of ketones is 1. The maximum atomic E-state index is 11.7. The van der Waals surface area contributed by atoms with Gasteiger partial charge in [0.25, 0.3) is 5.69 Å². The van der Waals surface area contributed by atoms with Crippen molar-refractivity contribution in [3.63, 3.8) is 0 Å². The van der Waals surface area contributed by atoms with Gasteiger partial charge < -0.3 is 4.74 Å².